The van der Waals surface area contributed by atoms with Crippen LogP contribution in [0, 0.1) is 5.92 Å². The second kappa shape index (κ2) is 9.59. The Morgan fingerprint density at radius 2 is 1.86 bits per heavy atom. The van der Waals surface area contributed by atoms with E-state index in [1.165, 1.54) is 32.4 Å². The van der Waals surface area contributed by atoms with Crippen molar-refractivity contribution in [1.82, 2.24) is 10.2 Å². The van der Waals surface area contributed by atoms with Crippen LogP contribution in [0.1, 0.15) is 38.2 Å². The molecule has 3 rings (SSSR count). The molecule has 28 heavy (non-hydrogen) atoms. The van der Waals surface area contributed by atoms with E-state index in [4.69, 9.17) is 0 Å². The maximum Gasteiger partial charge on any atom is 0.331 e. The molecule has 7 nitrogen and oxygen atoms in total. The summed E-state index contributed by atoms with van der Waals surface area (Å²) in [6.07, 6.45) is 4.85. The lowest BCUT2D eigenvalue weighted by Gasteiger charge is -2.30. The molecule has 0 aliphatic carbocycles. The number of benzene rings is 1. The van der Waals surface area contributed by atoms with Gasteiger partial charge in [-0.05, 0) is 31.7 Å². The average Bonchev–Trinajstić information content (AvgIpc) is 2.70. The molecule has 2 saturated heterocycles. The Morgan fingerprint density at radius 3 is 2.57 bits per heavy atom. The first-order valence-electron chi connectivity index (χ1n) is 10.1. The van der Waals surface area contributed by atoms with Gasteiger partial charge < -0.3 is 4.90 Å². The molecule has 4 amide bonds. The smallest absolute Gasteiger partial charge is 0.331 e. The predicted molar refractivity (Wildman–Crippen MR) is 106 cm³/mol. The largest absolute Gasteiger partial charge is 0.335 e. The number of imide groups is 2. The van der Waals surface area contributed by atoms with Crippen LogP contribution in [0.15, 0.2) is 35.3 Å². The van der Waals surface area contributed by atoms with E-state index in [1.807, 2.05) is 30.3 Å². The second-order valence-electron chi connectivity index (χ2n) is 7.57. The van der Waals surface area contributed by atoms with Crippen molar-refractivity contribution in [3.8, 4) is 0 Å². The number of piperidine rings is 1. The van der Waals surface area contributed by atoms with Crippen molar-refractivity contribution in [2.75, 3.05) is 26.2 Å². The number of rotatable bonds is 7. The van der Waals surface area contributed by atoms with Gasteiger partial charge in [-0.15, -0.1) is 0 Å². The highest BCUT2D eigenvalue weighted by molar-refractivity contribution is 6.27. The van der Waals surface area contributed by atoms with Gasteiger partial charge in [-0.25, -0.2) is 4.79 Å². The summed E-state index contributed by atoms with van der Waals surface area (Å²) in [6, 6.07) is 8.58. The lowest BCUT2D eigenvalue weighted by molar-refractivity contribution is -0.904. The van der Waals surface area contributed by atoms with Crippen molar-refractivity contribution in [3.05, 3.63) is 35.9 Å². The Kier molecular flexibility index (Phi) is 6.92. The van der Waals surface area contributed by atoms with E-state index in [9.17, 15) is 14.4 Å². The summed E-state index contributed by atoms with van der Waals surface area (Å²) < 4.78 is 0. The molecule has 1 aromatic carbocycles. The lowest BCUT2D eigenvalue weighted by Crippen LogP contribution is -3.12. The molecule has 0 radical (unpaired) electrons. The van der Waals surface area contributed by atoms with Gasteiger partial charge >= 0.3 is 6.03 Å². The van der Waals surface area contributed by atoms with E-state index >= 15 is 0 Å². The van der Waals surface area contributed by atoms with Crippen LogP contribution in [0.5, 0.6) is 0 Å². The number of hydrogen-bond donors (Lipinski definition) is 2. The molecule has 0 aromatic heterocycles. The Balaban J connectivity index is 1.59. The molecule has 1 aromatic rings. The normalized spacial score (nSPS) is 21.8. The average molecular weight is 385 g/mol. The minimum atomic E-state index is -1.02. The zero-order chi connectivity index (χ0) is 19.9. The number of quaternary nitrogens is 1. The molecule has 150 valence electrons. The number of likely N-dealkylation sites (tertiary alicyclic amines) is 1. The number of urea groups is 1. The number of amides is 4. The van der Waals surface area contributed by atoms with Crippen LogP contribution >= 0.6 is 0 Å². The highest BCUT2D eigenvalue weighted by Gasteiger charge is 2.41. The van der Waals surface area contributed by atoms with Crippen molar-refractivity contribution in [2.45, 2.75) is 39.2 Å². The number of barbiturate groups is 1. The summed E-state index contributed by atoms with van der Waals surface area (Å²) in [4.78, 5) is 44.5. The van der Waals surface area contributed by atoms with E-state index in [-0.39, 0.29) is 6.54 Å². The summed E-state index contributed by atoms with van der Waals surface area (Å²) in [5.41, 5.74) is 1.31. The summed E-state index contributed by atoms with van der Waals surface area (Å²) in [7, 11) is 0. The third kappa shape index (κ3) is 5.04. The quantitative estimate of drug-likeness (QED) is 0.414. The van der Waals surface area contributed by atoms with E-state index in [1.54, 1.807) is 11.8 Å². The third-order valence-electron chi connectivity index (χ3n) is 5.46. The Morgan fingerprint density at radius 1 is 1.14 bits per heavy atom. The van der Waals surface area contributed by atoms with Crippen LogP contribution in [0.4, 0.5) is 4.79 Å². The fourth-order valence-corrected chi connectivity index (χ4v) is 3.87. The van der Waals surface area contributed by atoms with Crippen LogP contribution in [-0.4, -0.2) is 54.6 Å². The molecule has 2 aliphatic rings. The van der Waals surface area contributed by atoms with E-state index in [0.29, 0.717) is 12.3 Å². The summed E-state index contributed by atoms with van der Waals surface area (Å²) in [5.74, 6) is -2.11. The van der Waals surface area contributed by atoms with E-state index < -0.39 is 23.8 Å². The fourth-order valence-electron chi connectivity index (χ4n) is 3.87. The highest BCUT2D eigenvalue weighted by atomic mass is 16.2. The van der Waals surface area contributed by atoms with Gasteiger partial charge in [0.25, 0.3) is 0 Å². The summed E-state index contributed by atoms with van der Waals surface area (Å²) >= 11 is 0. The van der Waals surface area contributed by atoms with Crippen LogP contribution in [0.25, 0.3) is 0 Å². The standard InChI is InChI=1S/C21H28N4O3/c1-16(22-11-8-14-24-12-6-3-7-13-24)18-19(26)23-21(28)25(20(18)27)15-17-9-4-2-5-10-17/h2,4-5,9-10,18H,3,6-8,11-15H2,1H3,(H,23,26,28)/p+1. The highest BCUT2D eigenvalue weighted by Crippen LogP contribution is 2.16. The molecule has 2 aliphatic heterocycles. The second-order valence-corrected chi connectivity index (χ2v) is 7.57. The number of carbonyl (C=O) groups is 3. The molecular weight excluding hydrogens is 356 g/mol. The van der Waals surface area contributed by atoms with Crippen LogP contribution in [0.3, 0.4) is 0 Å². The van der Waals surface area contributed by atoms with Gasteiger partial charge in [-0.2, -0.15) is 0 Å². The SMILES string of the molecule is CC(=NCCC[NH+]1CCCCC1)C1C(=O)NC(=O)N(Cc2ccccc2)C1=O. The third-order valence-corrected chi connectivity index (χ3v) is 5.46. The minimum Gasteiger partial charge on any atom is -0.335 e. The monoisotopic (exact) mass is 385 g/mol. The van der Waals surface area contributed by atoms with Gasteiger partial charge in [0.15, 0.2) is 5.92 Å². The fraction of sp³-hybridized carbons (Fsp3) is 0.524. The van der Waals surface area contributed by atoms with Crippen LogP contribution in [0.2, 0.25) is 0 Å². The first-order valence-corrected chi connectivity index (χ1v) is 10.1. The summed E-state index contributed by atoms with van der Waals surface area (Å²) in [5, 5.41) is 2.30. The topological polar surface area (TPSA) is 83.3 Å². The van der Waals surface area contributed by atoms with Gasteiger partial charge in [-0.1, -0.05) is 30.3 Å². The molecule has 1 unspecified atom stereocenters. The Bertz CT molecular complexity index is 741. The van der Waals surface area contributed by atoms with Gasteiger partial charge in [0.1, 0.15) is 0 Å². The molecule has 1 atom stereocenters. The molecule has 2 N–H and O–H groups in total. The molecule has 0 bridgehead atoms. The predicted octanol–water partition coefficient (Wildman–Crippen LogP) is 0.801. The van der Waals surface area contributed by atoms with Crippen molar-refractivity contribution in [1.29, 1.82) is 0 Å². The van der Waals surface area contributed by atoms with Crippen molar-refractivity contribution < 1.29 is 19.3 Å². The lowest BCUT2D eigenvalue weighted by atomic mass is 9.99. The van der Waals surface area contributed by atoms with Crippen LogP contribution in [-0.2, 0) is 16.1 Å². The van der Waals surface area contributed by atoms with Crippen molar-refractivity contribution >= 4 is 23.6 Å². The van der Waals surface area contributed by atoms with Gasteiger partial charge in [0, 0.05) is 18.7 Å². The zero-order valence-corrected chi connectivity index (χ0v) is 16.4. The van der Waals surface area contributed by atoms with Gasteiger partial charge in [0.2, 0.25) is 11.8 Å². The summed E-state index contributed by atoms with van der Waals surface area (Å²) in [6.45, 7) is 5.96. The van der Waals surface area contributed by atoms with E-state index in [0.717, 1.165) is 23.4 Å². The number of aliphatic imine (C=N–C) groups is 1. The Labute approximate surface area is 165 Å². The molecule has 2 fully saturated rings. The number of carbonyl (C=O) groups excluding carboxylic acids is 3. The number of nitrogens with one attached hydrogen (secondary N) is 2. The molecule has 7 heteroatoms. The number of nitrogens with zero attached hydrogens (tertiary/aromatic N) is 2. The molecule has 2 heterocycles. The van der Waals surface area contributed by atoms with E-state index in [2.05, 4.69) is 10.3 Å². The van der Waals surface area contributed by atoms with Gasteiger partial charge in [0.05, 0.1) is 26.2 Å². The molecule has 0 spiro atoms. The maximum atomic E-state index is 12.8. The van der Waals surface area contributed by atoms with Crippen LogP contribution < -0.4 is 10.2 Å². The molecular formula is C21H29N4O3+. The molecule has 0 saturated carbocycles. The van der Waals surface area contributed by atoms with Gasteiger partial charge in [-0.3, -0.25) is 24.8 Å². The first kappa shape index (κ1) is 20.2. The van der Waals surface area contributed by atoms with Crippen molar-refractivity contribution in [2.24, 2.45) is 10.9 Å². The zero-order valence-electron chi connectivity index (χ0n) is 16.4. The van der Waals surface area contributed by atoms with Crippen molar-refractivity contribution in [3.63, 3.8) is 0 Å². The maximum absolute atomic E-state index is 12.8. The Hall–Kier alpha value is -2.54. The minimum absolute atomic E-state index is 0.140. The first-order chi connectivity index (χ1) is 13.6. The number of hydrogen-bond acceptors (Lipinski definition) is 4.